The van der Waals surface area contributed by atoms with Crippen LogP contribution in [0.3, 0.4) is 0 Å². The Morgan fingerprint density at radius 3 is 2.41 bits per heavy atom. The molecule has 0 aromatic heterocycles. The molecule has 2 aromatic rings. The number of halogens is 1. The van der Waals surface area contributed by atoms with Crippen LogP contribution >= 0.6 is 15.9 Å². The maximum atomic E-state index is 8.86. The molecule has 1 nitrogen and oxygen atoms in total. The molecule has 0 N–H and O–H groups in total. The molecule has 0 spiro atoms. The summed E-state index contributed by atoms with van der Waals surface area (Å²) in [7, 11) is 0. The van der Waals surface area contributed by atoms with E-state index in [9.17, 15) is 0 Å². The normalized spacial score (nSPS) is 9.65. The van der Waals surface area contributed by atoms with Gasteiger partial charge in [0.15, 0.2) is 0 Å². The van der Waals surface area contributed by atoms with Gasteiger partial charge < -0.3 is 0 Å². The highest BCUT2D eigenvalue weighted by Gasteiger charge is 2.03. The smallest absolute Gasteiger partial charge is 0.0991 e. The number of nitrogens with zero attached hydrogens (tertiary/aromatic N) is 1. The zero-order valence-electron chi connectivity index (χ0n) is 9.15. The Hall–Kier alpha value is -1.85. The molecule has 0 unspecified atom stereocenters. The predicted molar refractivity (Wildman–Crippen MR) is 74.4 cm³/mol. The van der Waals surface area contributed by atoms with Gasteiger partial charge in [-0.25, -0.2) is 0 Å². The standard InChI is InChI=1S/C15H10BrN/c1-2-12-9-11(10-17)3-8-15(12)13-4-6-14(16)7-5-13/h2-9H,1H2. The van der Waals surface area contributed by atoms with Crippen LogP contribution < -0.4 is 0 Å². The summed E-state index contributed by atoms with van der Waals surface area (Å²) in [5.74, 6) is 0. The lowest BCUT2D eigenvalue weighted by Gasteiger charge is -2.07. The second-order valence-corrected chi connectivity index (χ2v) is 4.54. The number of hydrogen-bond donors (Lipinski definition) is 0. The fraction of sp³-hybridized carbons (Fsp3) is 0. The molecule has 0 saturated carbocycles. The minimum Gasteiger partial charge on any atom is -0.192 e. The van der Waals surface area contributed by atoms with Gasteiger partial charge in [0, 0.05) is 4.47 Å². The minimum atomic E-state index is 0.653. The van der Waals surface area contributed by atoms with E-state index in [0.29, 0.717) is 5.56 Å². The van der Waals surface area contributed by atoms with Crippen molar-refractivity contribution in [3.05, 3.63) is 64.6 Å². The summed E-state index contributed by atoms with van der Waals surface area (Å²) in [5, 5.41) is 8.86. The summed E-state index contributed by atoms with van der Waals surface area (Å²) in [6.45, 7) is 3.79. The first kappa shape index (κ1) is 11.6. The first-order chi connectivity index (χ1) is 8.24. The lowest BCUT2D eigenvalue weighted by Crippen LogP contribution is -1.85. The largest absolute Gasteiger partial charge is 0.192 e. The number of nitriles is 1. The maximum absolute atomic E-state index is 8.86. The van der Waals surface area contributed by atoms with Crippen LogP contribution in [-0.4, -0.2) is 0 Å². The highest BCUT2D eigenvalue weighted by atomic mass is 79.9. The van der Waals surface area contributed by atoms with E-state index in [-0.39, 0.29) is 0 Å². The van der Waals surface area contributed by atoms with Crippen molar-refractivity contribution in [2.45, 2.75) is 0 Å². The van der Waals surface area contributed by atoms with Gasteiger partial charge in [-0.1, -0.05) is 46.8 Å². The highest BCUT2D eigenvalue weighted by Crippen LogP contribution is 2.26. The van der Waals surface area contributed by atoms with Gasteiger partial charge in [0.05, 0.1) is 11.6 Å². The third kappa shape index (κ3) is 2.46. The van der Waals surface area contributed by atoms with Gasteiger partial charge in [0.25, 0.3) is 0 Å². The fourth-order valence-corrected chi connectivity index (χ4v) is 1.96. The van der Waals surface area contributed by atoms with Crippen molar-refractivity contribution in [2.75, 3.05) is 0 Å². The summed E-state index contributed by atoms with van der Waals surface area (Å²) in [4.78, 5) is 0. The summed E-state index contributed by atoms with van der Waals surface area (Å²) >= 11 is 3.41. The Kier molecular flexibility index (Phi) is 3.41. The SMILES string of the molecule is C=Cc1cc(C#N)ccc1-c1ccc(Br)cc1. The molecule has 0 heterocycles. The molecule has 0 aliphatic heterocycles. The summed E-state index contributed by atoms with van der Waals surface area (Å²) < 4.78 is 1.05. The molecular weight excluding hydrogens is 274 g/mol. The summed E-state index contributed by atoms with van der Waals surface area (Å²) in [5.41, 5.74) is 3.84. The molecule has 0 aliphatic rings. The Bertz CT molecular complexity index is 591. The van der Waals surface area contributed by atoms with Crippen molar-refractivity contribution in [3.8, 4) is 17.2 Å². The molecule has 0 amide bonds. The Balaban J connectivity index is 2.56. The zero-order valence-corrected chi connectivity index (χ0v) is 10.7. The molecule has 82 valence electrons. The topological polar surface area (TPSA) is 23.8 Å². The predicted octanol–water partition coefficient (Wildman–Crippen LogP) is 4.63. The van der Waals surface area contributed by atoms with Gasteiger partial charge in [0.2, 0.25) is 0 Å². The van der Waals surface area contributed by atoms with Crippen LogP contribution in [0.25, 0.3) is 17.2 Å². The van der Waals surface area contributed by atoms with Gasteiger partial charge in [-0.15, -0.1) is 0 Å². The second kappa shape index (κ2) is 4.99. The quantitative estimate of drug-likeness (QED) is 0.788. The van der Waals surface area contributed by atoms with Gasteiger partial charge in [0.1, 0.15) is 0 Å². The van der Waals surface area contributed by atoms with Crippen LogP contribution in [0, 0.1) is 11.3 Å². The third-order valence-corrected chi connectivity index (χ3v) is 3.08. The molecule has 2 aromatic carbocycles. The number of hydrogen-bond acceptors (Lipinski definition) is 1. The number of rotatable bonds is 2. The van der Waals surface area contributed by atoms with Crippen molar-refractivity contribution in [1.29, 1.82) is 5.26 Å². The molecule has 0 bridgehead atoms. The van der Waals surface area contributed by atoms with Crippen LogP contribution in [0.1, 0.15) is 11.1 Å². The van der Waals surface area contributed by atoms with Crippen LogP contribution in [0.4, 0.5) is 0 Å². The lowest BCUT2D eigenvalue weighted by atomic mass is 9.98. The molecule has 0 atom stereocenters. The molecule has 0 saturated heterocycles. The summed E-state index contributed by atoms with van der Waals surface area (Å²) in [6.07, 6.45) is 1.78. The first-order valence-electron chi connectivity index (χ1n) is 5.17. The molecule has 2 heteroatoms. The minimum absolute atomic E-state index is 0.653. The average Bonchev–Trinajstić information content (AvgIpc) is 2.39. The zero-order chi connectivity index (χ0) is 12.3. The monoisotopic (exact) mass is 283 g/mol. The van der Waals surface area contributed by atoms with E-state index >= 15 is 0 Å². The van der Waals surface area contributed by atoms with Crippen molar-refractivity contribution in [1.82, 2.24) is 0 Å². The molecule has 2 rings (SSSR count). The third-order valence-electron chi connectivity index (χ3n) is 2.56. The molecule has 0 fully saturated rings. The Morgan fingerprint density at radius 1 is 1.12 bits per heavy atom. The first-order valence-corrected chi connectivity index (χ1v) is 5.96. The van der Waals surface area contributed by atoms with Crippen LogP contribution in [0.2, 0.25) is 0 Å². The van der Waals surface area contributed by atoms with E-state index in [0.717, 1.165) is 21.2 Å². The molecular formula is C15H10BrN. The van der Waals surface area contributed by atoms with E-state index < -0.39 is 0 Å². The van der Waals surface area contributed by atoms with Gasteiger partial charge in [-0.2, -0.15) is 5.26 Å². The molecule has 17 heavy (non-hydrogen) atoms. The van der Waals surface area contributed by atoms with E-state index in [1.807, 2.05) is 42.5 Å². The maximum Gasteiger partial charge on any atom is 0.0991 e. The average molecular weight is 284 g/mol. The van der Waals surface area contributed by atoms with Crippen molar-refractivity contribution < 1.29 is 0 Å². The van der Waals surface area contributed by atoms with E-state index in [1.165, 1.54) is 0 Å². The van der Waals surface area contributed by atoms with E-state index in [4.69, 9.17) is 5.26 Å². The van der Waals surface area contributed by atoms with Gasteiger partial charge in [-0.05, 0) is 41.0 Å². The number of benzene rings is 2. The fourth-order valence-electron chi connectivity index (χ4n) is 1.69. The van der Waals surface area contributed by atoms with Gasteiger partial charge in [-0.3, -0.25) is 0 Å². The van der Waals surface area contributed by atoms with E-state index in [2.05, 4.69) is 28.6 Å². The summed E-state index contributed by atoms with van der Waals surface area (Å²) in [6, 6.07) is 15.8. The van der Waals surface area contributed by atoms with Crippen LogP contribution in [0.15, 0.2) is 53.5 Å². The van der Waals surface area contributed by atoms with E-state index in [1.54, 1.807) is 6.08 Å². The second-order valence-electron chi connectivity index (χ2n) is 3.62. The highest BCUT2D eigenvalue weighted by molar-refractivity contribution is 9.10. The van der Waals surface area contributed by atoms with Crippen LogP contribution in [0.5, 0.6) is 0 Å². The molecule has 0 aliphatic carbocycles. The van der Waals surface area contributed by atoms with Crippen molar-refractivity contribution >= 4 is 22.0 Å². The van der Waals surface area contributed by atoms with Crippen molar-refractivity contribution in [2.24, 2.45) is 0 Å². The Morgan fingerprint density at radius 2 is 1.82 bits per heavy atom. The lowest BCUT2D eigenvalue weighted by molar-refractivity contribution is 1.47. The Labute approximate surface area is 109 Å². The van der Waals surface area contributed by atoms with Crippen molar-refractivity contribution in [3.63, 3.8) is 0 Å². The van der Waals surface area contributed by atoms with Gasteiger partial charge >= 0.3 is 0 Å². The molecule has 0 radical (unpaired) electrons. The van der Waals surface area contributed by atoms with Crippen LogP contribution in [-0.2, 0) is 0 Å².